The Kier molecular flexibility index (Phi) is 5.00. The summed E-state index contributed by atoms with van der Waals surface area (Å²) in [6, 6.07) is 16.2. The van der Waals surface area contributed by atoms with Gasteiger partial charge in [-0.05, 0) is 48.6 Å². The lowest BCUT2D eigenvalue weighted by molar-refractivity contribution is 0.301. The summed E-state index contributed by atoms with van der Waals surface area (Å²) in [5.74, 6) is 1.41. The first kappa shape index (κ1) is 15.1. The molecule has 21 heavy (non-hydrogen) atoms. The highest BCUT2D eigenvalue weighted by atomic mass is 16.5. The van der Waals surface area contributed by atoms with Crippen LogP contribution >= 0.6 is 0 Å². The van der Waals surface area contributed by atoms with Crippen molar-refractivity contribution >= 4 is 0 Å². The van der Waals surface area contributed by atoms with Crippen LogP contribution in [0.25, 0.3) is 0 Å². The lowest BCUT2D eigenvalue weighted by Gasteiger charge is -2.13. The Morgan fingerprint density at radius 3 is 2.43 bits per heavy atom. The first-order chi connectivity index (χ1) is 10.1. The van der Waals surface area contributed by atoms with Crippen LogP contribution in [0.4, 0.5) is 0 Å². The molecular weight excluding hydrogens is 258 g/mol. The number of hydrogen-bond acceptors (Lipinski definition) is 2. The van der Waals surface area contributed by atoms with Gasteiger partial charge in [-0.2, -0.15) is 5.26 Å². The van der Waals surface area contributed by atoms with Crippen LogP contribution in [-0.2, 0) is 13.0 Å². The molecule has 0 atom stereocenters. The van der Waals surface area contributed by atoms with Gasteiger partial charge in [0.2, 0.25) is 0 Å². The number of nitrogens with zero attached hydrogens (tertiary/aromatic N) is 1. The second-order valence-electron chi connectivity index (χ2n) is 5.81. The molecule has 2 aromatic rings. The van der Waals surface area contributed by atoms with E-state index in [9.17, 15) is 0 Å². The largest absolute Gasteiger partial charge is 0.489 e. The molecule has 0 saturated heterocycles. The van der Waals surface area contributed by atoms with E-state index in [1.54, 1.807) is 0 Å². The third-order valence-corrected chi connectivity index (χ3v) is 3.33. The number of aryl methyl sites for hydroxylation is 1. The molecular formula is C19H21NO. The van der Waals surface area contributed by atoms with Crippen LogP contribution in [-0.4, -0.2) is 0 Å². The molecule has 0 unspecified atom stereocenters. The van der Waals surface area contributed by atoms with Crippen molar-refractivity contribution in [3.63, 3.8) is 0 Å². The van der Waals surface area contributed by atoms with Gasteiger partial charge in [-0.15, -0.1) is 0 Å². The van der Waals surface area contributed by atoms with Crippen molar-refractivity contribution in [3.8, 4) is 11.8 Å². The Labute approximate surface area is 127 Å². The van der Waals surface area contributed by atoms with E-state index in [-0.39, 0.29) is 0 Å². The molecule has 0 aliphatic carbocycles. The summed E-state index contributed by atoms with van der Waals surface area (Å²) >= 11 is 0. The van der Waals surface area contributed by atoms with E-state index in [1.807, 2.05) is 18.2 Å². The zero-order valence-electron chi connectivity index (χ0n) is 12.9. The molecule has 0 saturated carbocycles. The van der Waals surface area contributed by atoms with E-state index in [4.69, 9.17) is 10.00 Å². The smallest absolute Gasteiger partial charge is 0.123 e. The van der Waals surface area contributed by atoms with Crippen molar-refractivity contribution in [2.24, 2.45) is 5.92 Å². The van der Waals surface area contributed by atoms with Crippen molar-refractivity contribution in [1.29, 1.82) is 5.26 Å². The van der Waals surface area contributed by atoms with Gasteiger partial charge in [0.15, 0.2) is 0 Å². The highest BCUT2D eigenvalue weighted by Crippen LogP contribution is 2.24. The van der Waals surface area contributed by atoms with E-state index >= 15 is 0 Å². The molecule has 0 fully saturated rings. The zero-order chi connectivity index (χ0) is 15.2. The molecule has 108 valence electrons. The lowest BCUT2D eigenvalue weighted by atomic mass is 10.0. The minimum absolute atomic E-state index is 0.528. The van der Waals surface area contributed by atoms with Gasteiger partial charge in [0.25, 0.3) is 0 Å². The predicted molar refractivity (Wildman–Crippen MR) is 85.2 cm³/mol. The van der Waals surface area contributed by atoms with Crippen LogP contribution in [0.1, 0.15) is 36.1 Å². The molecule has 2 aromatic carbocycles. The van der Waals surface area contributed by atoms with Crippen LogP contribution in [0, 0.1) is 24.2 Å². The van der Waals surface area contributed by atoms with Crippen LogP contribution in [0.3, 0.4) is 0 Å². The standard InChI is InChI=1S/C19H21NO/c1-14(2)10-18-11-17(12-20)8-9-19(18)21-13-16-6-4-15(3)5-7-16/h4-9,11,14H,10,13H2,1-3H3. The fourth-order valence-electron chi connectivity index (χ4n) is 2.23. The van der Waals surface area contributed by atoms with Crippen molar-refractivity contribution in [1.82, 2.24) is 0 Å². The van der Waals surface area contributed by atoms with Crippen LogP contribution in [0.5, 0.6) is 5.75 Å². The van der Waals surface area contributed by atoms with Gasteiger partial charge in [0.05, 0.1) is 11.6 Å². The molecule has 0 spiro atoms. The number of benzene rings is 2. The van der Waals surface area contributed by atoms with E-state index in [0.29, 0.717) is 18.1 Å². The minimum atomic E-state index is 0.528. The molecule has 0 aliphatic rings. The number of rotatable bonds is 5. The molecule has 0 amide bonds. The third-order valence-electron chi connectivity index (χ3n) is 3.33. The quantitative estimate of drug-likeness (QED) is 0.798. The Hall–Kier alpha value is -2.27. The molecule has 0 radical (unpaired) electrons. The van der Waals surface area contributed by atoms with Crippen molar-refractivity contribution in [3.05, 3.63) is 64.7 Å². The maximum atomic E-state index is 9.03. The summed E-state index contributed by atoms with van der Waals surface area (Å²) in [5, 5.41) is 9.03. The van der Waals surface area contributed by atoms with Gasteiger partial charge in [0, 0.05) is 0 Å². The maximum Gasteiger partial charge on any atom is 0.123 e. The van der Waals surface area contributed by atoms with Crippen LogP contribution < -0.4 is 4.74 Å². The van der Waals surface area contributed by atoms with Crippen molar-refractivity contribution < 1.29 is 4.74 Å². The number of ether oxygens (including phenoxy) is 1. The summed E-state index contributed by atoms with van der Waals surface area (Å²) < 4.78 is 5.95. The number of nitriles is 1. The zero-order valence-corrected chi connectivity index (χ0v) is 12.9. The van der Waals surface area contributed by atoms with Gasteiger partial charge in [-0.25, -0.2) is 0 Å². The molecule has 0 heterocycles. The molecule has 2 nitrogen and oxygen atoms in total. The fourth-order valence-corrected chi connectivity index (χ4v) is 2.23. The molecule has 2 heteroatoms. The molecule has 0 N–H and O–H groups in total. The van der Waals surface area contributed by atoms with Gasteiger partial charge in [0.1, 0.15) is 12.4 Å². The Morgan fingerprint density at radius 2 is 1.81 bits per heavy atom. The van der Waals surface area contributed by atoms with Crippen LogP contribution in [0.15, 0.2) is 42.5 Å². The highest BCUT2D eigenvalue weighted by Gasteiger charge is 2.08. The average molecular weight is 279 g/mol. The SMILES string of the molecule is Cc1ccc(COc2ccc(C#N)cc2CC(C)C)cc1. The van der Waals surface area contributed by atoms with Gasteiger partial charge in [-0.3, -0.25) is 0 Å². The van der Waals surface area contributed by atoms with Crippen LogP contribution in [0.2, 0.25) is 0 Å². The summed E-state index contributed by atoms with van der Waals surface area (Å²) in [7, 11) is 0. The van der Waals surface area contributed by atoms with E-state index in [2.05, 4.69) is 51.1 Å². The van der Waals surface area contributed by atoms with Gasteiger partial charge >= 0.3 is 0 Å². The normalized spacial score (nSPS) is 10.4. The van der Waals surface area contributed by atoms with E-state index in [0.717, 1.165) is 23.3 Å². The van der Waals surface area contributed by atoms with Crippen molar-refractivity contribution in [2.45, 2.75) is 33.8 Å². The first-order valence-electron chi connectivity index (χ1n) is 7.30. The number of hydrogen-bond donors (Lipinski definition) is 0. The van der Waals surface area contributed by atoms with E-state index in [1.165, 1.54) is 5.56 Å². The predicted octanol–water partition coefficient (Wildman–Crippen LogP) is 4.64. The average Bonchev–Trinajstić information content (AvgIpc) is 2.47. The maximum absolute atomic E-state index is 9.03. The molecule has 0 aromatic heterocycles. The third kappa shape index (κ3) is 4.36. The fraction of sp³-hybridized carbons (Fsp3) is 0.316. The first-order valence-corrected chi connectivity index (χ1v) is 7.30. The summed E-state index contributed by atoms with van der Waals surface area (Å²) in [5.41, 5.74) is 4.20. The van der Waals surface area contributed by atoms with Crippen molar-refractivity contribution in [2.75, 3.05) is 0 Å². The lowest BCUT2D eigenvalue weighted by Crippen LogP contribution is -2.02. The minimum Gasteiger partial charge on any atom is -0.489 e. The molecule has 0 aliphatic heterocycles. The van der Waals surface area contributed by atoms with Gasteiger partial charge < -0.3 is 4.74 Å². The summed E-state index contributed by atoms with van der Waals surface area (Å²) in [6.07, 6.45) is 0.915. The second kappa shape index (κ2) is 6.95. The topological polar surface area (TPSA) is 33.0 Å². The Morgan fingerprint density at radius 1 is 1.10 bits per heavy atom. The highest BCUT2D eigenvalue weighted by molar-refractivity contribution is 5.42. The van der Waals surface area contributed by atoms with Gasteiger partial charge in [-0.1, -0.05) is 43.7 Å². The summed E-state index contributed by atoms with van der Waals surface area (Å²) in [6.45, 7) is 6.97. The molecule has 0 bridgehead atoms. The summed E-state index contributed by atoms with van der Waals surface area (Å²) in [4.78, 5) is 0. The Bertz CT molecular complexity index is 636. The molecule has 2 rings (SSSR count). The second-order valence-corrected chi connectivity index (χ2v) is 5.81. The van der Waals surface area contributed by atoms with E-state index < -0.39 is 0 Å². The monoisotopic (exact) mass is 279 g/mol. The Balaban J connectivity index is 2.14.